The zero-order chi connectivity index (χ0) is 22.3. The molecule has 0 saturated heterocycles. The Labute approximate surface area is 189 Å². The number of nitrogens with zero attached hydrogens (tertiary/aromatic N) is 1. The molecule has 0 bridgehead atoms. The maximum absolute atomic E-state index is 15.7. The molecule has 0 saturated carbocycles. The minimum atomic E-state index is -0.0937. The Hall–Kier alpha value is -3.26. The van der Waals surface area contributed by atoms with Crippen molar-refractivity contribution >= 4 is 0 Å². The van der Waals surface area contributed by atoms with Crippen LogP contribution in [0.15, 0.2) is 48.7 Å². The van der Waals surface area contributed by atoms with Crippen LogP contribution >= 0.6 is 0 Å². The Kier molecular flexibility index (Phi) is 4.02. The van der Waals surface area contributed by atoms with Crippen LogP contribution in [-0.4, -0.2) is 0 Å². The summed E-state index contributed by atoms with van der Waals surface area (Å²) in [4.78, 5) is 0. The van der Waals surface area contributed by atoms with Crippen LogP contribution < -0.4 is 4.57 Å². The third-order valence-electron chi connectivity index (χ3n) is 7.54. The third kappa shape index (κ3) is 2.59. The average Bonchev–Trinajstić information content (AvgIpc) is 3.30. The first-order valence-corrected chi connectivity index (χ1v) is 11.4. The maximum Gasteiger partial charge on any atom is 0.216 e. The number of benzene rings is 3. The van der Waals surface area contributed by atoms with Gasteiger partial charge in [-0.3, -0.25) is 0 Å². The van der Waals surface area contributed by atoms with Gasteiger partial charge in [-0.25, -0.2) is 8.96 Å². The molecular formula is C30H27FN+. The molecule has 2 aliphatic rings. The normalized spacial score (nSPS) is 13.1. The standard InChI is InChI=1S/C30H27FN/c1-16-6-7-20-13-24-25(23(20)11-16)15-28(31)29-21-8-9-32(5)30(27(21)14-26(24)29)22-12-17(2)10-18(3)19(22)4/h6-12,15H,13-14H2,1-5H3/q+1. The Balaban J connectivity index is 1.60. The first kappa shape index (κ1) is 19.4. The number of halogens is 1. The highest BCUT2D eigenvalue weighted by Gasteiger charge is 2.35. The van der Waals surface area contributed by atoms with Gasteiger partial charge in [-0.2, -0.15) is 0 Å². The van der Waals surface area contributed by atoms with Crippen molar-refractivity contribution in [2.24, 2.45) is 7.05 Å². The fourth-order valence-electron chi connectivity index (χ4n) is 5.89. The van der Waals surface area contributed by atoms with Gasteiger partial charge in [0, 0.05) is 34.7 Å². The highest BCUT2D eigenvalue weighted by molar-refractivity contribution is 5.89. The van der Waals surface area contributed by atoms with Crippen LogP contribution in [0.5, 0.6) is 0 Å². The molecule has 0 fully saturated rings. The van der Waals surface area contributed by atoms with E-state index in [1.807, 2.05) is 0 Å². The van der Waals surface area contributed by atoms with Crippen molar-refractivity contribution in [3.63, 3.8) is 0 Å². The molecule has 0 radical (unpaired) electrons. The lowest BCUT2D eigenvalue weighted by Gasteiger charge is -2.12. The molecule has 0 N–H and O–H groups in total. The Morgan fingerprint density at radius 2 is 1.50 bits per heavy atom. The van der Waals surface area contributed by atoms with E-state index in [0.717, 1.165) is 29.5 Å². The smallest absolute Gasteiger partial charge is 0.206 e. The van der Waals surface area contributed by atoms with Crippen LogP contribution in [0.25, 0.3) is 33.5 Å². The van der Waals surface area contributed by atoms with Gasteiger partial charge in [0.15, 0.2) is 6.20 Å². The quantitative estimate of drug-likeness (QED) is 0.261. The summed E-state index contributed by atoms with van der Waals surface area (Å²) in [6.07, 6.45) is 3.77. The minimum Gasteiger partial charge on any atom is -0.206 e. The molecular weight excluding hydrogens is 393 g/mol. The van der Waals surface area contributed by atoms with Gasteiger partial charge in [-0.15, -0.1) is 0 Å². The van der Waals surface area contributed by atoms with E-state index in [1.165, 1.54) is 61.3 Å². The van der Waals surface area contributed by atoms with E-state index in [0.29, 0.717) is 0 Å². The second kappa shape index (κ2) is 6.62. The van der Waals surface area contributed by atoms with Gasteiger partial charge in [0.1, 0.15) is 12.9 Å². The maximum atomic E-state index is 15.7. The number of hydrogen-bond acceptors (Lipinski definition) is 0. The number of rotatable bonds is 1. The van der Waals surface area contributed by atoms with Gasteiger partial charge < -0.3 is 0 Å². The molecule has 2 aliphatic carbocycles. The van der Waals surface area contributed by atoms with Gasteiger partial charge in [0.25, 0.3) is 0 Å². The van der Waals surface area contributed by atoms with Crippen molar-refractivity contribution in [2.45, 2.75) is 40.5 Å². The van der Waals surface area contributed by atoms with Crippen molar-refractivity contribution in [2.75, 3.05) is 0 Å². The van der Waals surface area contributed by atoms with Crippen molar-refractivity contribution in [3.8, 4) is 33.5 Å². The number of aryl methyl sites for hydroxylation is 4. The molecule has 1 aromatic heterocycles. The summed E-state index contributed by atoms with van der Waals surface area (Å²) in [5.74, 6) is -0.0937. The van der Waals surface area contributed by atoms with Crippen molar-refractivity contribution in [3.05, 3.63) is 99.0 Å². The fourth-order valence-corrected chi connectivity index (χ4v) is 5.89. The highest BCUT2D eigenvalue weighted by atomic mass is 19.1. The van der Waals surface area contributed by atoms with Gasteiger partial charge in [0.2, 0.25) is 5.69 Å². The monoisotopic (exact) mass is 420 g/mol. The fraction of sp³-hybridized carbons (Fsp3) is 0.233. The molecule has 4 aromatic rings. The second-order valence-electron chi connectivity index (χ2n) is 9.67. The summed E-state index contributed by atoms with van der Waals surface area (Å²) >= 11 is 0. The Morgan fingerprint density at radius 3 is 2.31 bits per heavy atom. The molecule has 3 aromatic carbocycles. The molecule has 1 nitrogen and oxygen atoms in total. The van der Waals surface area contributed by atoms with Crippen LogP contribution in [0, 0.1) is 33.5 Å². The number of pyridine rings is 1. The van der Waals surface area contributed by atoms with E-state index < -0.39 is 0 Å². The van der Waals surface area contributed by atoms with E-state index in [1.54, 1.807) is 6.07 Å². The van der Waals surface area contributed by atoms with Gasteiger partial charge in [0.05, 0.1) is 0 Å². The predicted molar refractivity (Wildman–Crippen MR) is 128 cm³/mol. The zero-order valence-electron chi connectivity index (χ0n) is 19.4. The van der Waals surface area contributed by atoms with Gasteiger partial charge in [-0.05, 0) is 85.2 Å². The summed E-state index contributed by atoms with van der Waals surface area (Å²) < 4.78 is 17.9. The third-order valence-corrected chi connectivity index (χ3v) is 7.54. The summed E-state index contributed by atoms with van der Waals surface area (Å²) in [6, 6.07) is 15.0. The van der Waals surface area contributed by atoms with Gasteiger partial charge in [-0.1, -0.05) is 35.4 Å². The van der Waals surface area contributed by atoms with E-state index in [-0.39, 0.29) is 5.82 Å². The SMILES string of the molecule is Cc1ccc2c(c1)-c1cc(F)c3c(c1C2)Cc1c-3cc[n+](C)c1-c1cc(C)cc(C)c1C. The first-order chi connectivity index (χ1) is 15.3. The molecule has 1 heterocycles. The molecule has 0 aliphatic heterocycles. The summed E-state index contributed by atoms with van der Waals surface area (Å²) in [5.41, 5.74) is 16.7. The largest absolute Gasteiger partial charge is 0.216 e. The Bertz CT molecular complexity index is 1480. The molecule has 0 unspecified atom stereocenters. The number of fused-ring (bicyclic) bond motifs is 7. The Morgan fingerprint density at radius 1 is 0.719 bits per heavy atom. The lowest BCUT2D eigenvalue weighted by atomic mass is 9.93. The van der Waals surface area contributed by atoms with E-state index >= 15 is 4.39 Å². The summed E-state index contributed by atoms with van der Waals surface area (Å²) in [6.45, 7) is 8.63. The molecule has 32 heavy (non-hydrogen) atoms. The molecule has 158 valence electrons. The lowest BCUT2D eigenvalue weighted by Crippen LogP contribution is -2.32. The molecule has 2 heteroatoms. The second-order valence-corrected chi connectivity index (χ2v) is 9.67. The van der Waals surface area contributed by atoms with E-state index in [2.05, 4.69) is 81.9 Å². The van der Waals surface area contributed by atoms with E-state index in [4.69, 9.17) is 0 Å². The molecule has 0 spiro atoms. The lowest BCUT2D eigenvalue weighted by molar-refractivity contribution is -0.660. The molecule has 0 amide bonds. The topological polar surface area (TPSA) is 3.88 Å². The van der Waals surface area contributed by atoms with Crippen LogP contribution in [0.1, 0.15) is 44.5 Å². The predicted octanol–water partition coefficient (Wildman–Crippen LogP) is 6.69. The van der Waals surface area contributed by atoms with Crippen LogP contribution in [0.3, 0.4) is 0 Å². The van der Waals surface area contributed by atoms with Crippen LogP contribution in [0.2, 0.25) is 0 Å². The van der Waals surface area contributed by atoms with Crippen molar-refractivity contribution in [1.29, 1.82) is 0 Å². The minimum absolute atomic E-state index is 0.0937. The average molecular weight is 421 g/mol. The highest BCUT2D eigenvalue weighted by Crippen LogP contribution is 2.49. The number of aromatic nitrogens is 1. The van der Waals surface area contributed by atoms with Gasteiger partial charge >= 0.3 is 0 Å². The van der Waals surface area contributed by atoms with Crippen molar-refractivity contribution < 1.29 is 8.96 Å². The van der Waals surface area contributed by atoms with Crippen LogP contribution in [-0.2, 0) is 19.9 Å². The first-order valence-electron chi connectivity index (χ1n) is 11.4. The van der Waals surface area contributed by atoms with E-state index in [9.17, 15) is 0 Å². The van der Waals surface area contributed by atoms with Crippen molar-refractivity contribution in [1.82, 2.24) is 0 Å². The van der Waals surface area contributed by atoms with Crippen LogP contribution in [0.4, 0.5) is 4.39 Å². The summed E-state index contributed by atoms with van der Waals surface area (Å²) in [7, 11) is 2.11. The zero-order valence-corrected chi connectivity index (χ0v) is 19.4. The molecule has 6 rings (SSSR count). The number of hydrogen-bond donors (Lipinski definition) is 0. The summed E-state index contributed by atoms with van der Waals surface area (Å²) in [5, 5.41) is 0. The molecule has 0 atom stereocenters.